The van der Waals surface area contributed by atoms with Crippen LogP contribution < -0.4 is 5.32 Å². The van der Waals surface area contributed by atoms with Gasteiger partial charge in [0.05, 0.1) is 6.10 Å². The second-order valence-corrected chi connectivity index (χ2v) is 11.1. The van der Waals surface area contributed by atoms with Gasteiger partial charge in [-0.1, -0.05) is 35.9 Å². The highest BCUT2D eigenvalue weighted by molar-refractivity contribution is 7.40. The van der Waals surface area contributed by atoms with E-state index in [0.717, 1.165) is 29.9 Å². The number of hydrogen-bond acceptors (Lipinski definition) is 7. The monoisotopic (exact) mass is 595 g/mol. The molecule has 3 aliphatic rings. The average Bonchev–Trinajstić information content (AvgIpc) is 3.68. The van der Waals surface area contributed by atoms with Crippen molar-refractivity contribution in [3.63, 3.8) is 0 Å². The van der Waals surface area contributed by atoms with Crippen molar-refractivity contribution in [1.29, 1.82) is 0 Å². The zero-order valence-corrected chi connectivity index (χ0v) is 22.7. The largest absolute Gasteiger partial charge is 0.349 e. The van der Waals surface area contributed by atoms with Crippen molar-refractivity contribution in [2.24, 2.45) is 0 Å². The number of hydrogen-bond donors (Lipinski definition) is 2. The highest BCUT2D eigenvalue weighted by Crippen LogP contribution is 2.42. The standard InChI is InChI=1S/C26H25ClF2N3O7P/c27-18-4-2-17(3-5-18)26(28,29)25(36)30-12-15-1-8-20-16(11-15)13-31(23(20)34)21-9-10-22(33)32(24(21)35)14-38-40(37)39-19-6-7-19/h1-5,8,11,19,21,37H,6-7,9-10,12-14H2,(H,30,36). The van der Waals surface area contributed by atoms with Crippen molar-refractivity contribution in [2.75, 3.05) is 6.73 Å². The van der Waals surface area contributed by atoms with Crippen LogP contribution in [0.25, 0.3) is 0 Å². The number of imide groups is 1. The van der Waals surface area contributed by atoms with Crippen molar-refractivity contribution < 1.29 is 41.9 Å². The van der Waals surface area contributed by atoms with Gasteiger partial charge >= 0.3 is 14.5 Å². The molecule has 2 N–H and O–H groups in total. The molecule has 0 aromatic heterocycles. The van der Waals surface area contributed by atoms with E-state index in [1.807, 2.05) is 0 Å². The molecule has 2 fully saturated rings. The van der Waals surface area contributed by atoms with Gasteiger partial charge in [-0.15, -0.1) is 0 Å². The van der Waals surface area contributed by atoms with Crippen LogP contribution in [0.1, 0.15) is 52.7 Å². The molecule has 5 rings (SSSR count). The number of nitrogens with one attached hydrogen (secondary N) is 1. The first-order chi connectivity index (χ1) is 19.0. The molecule has 212 valence electrons. The van der Waals surface area contributed by atoms with E-state index in [4.69, 9.17) is 20.6 Å². The van der Waals surface area contributed by atoms with Gasteiger partial charge in [0.2, 0.25) is 5.91 Å². The number of piperidine rings is 1. The number of benzene rings is 2. The maximum absolute atomic E-state index is 14.6. The normalized spacial score (nSPS) is 20.1. The van der Waals surface area contributed by atoms with Gasteiger partial charge in [0.25, 0.3) is 17.7 Å². The van der Waals surface area contributed by atoms with Gasteiger partial charge in [-0.25, -0.2) is 0 Å². The van der Waals surface area contributed by atoms with Crippen LogP contribution in [0.4, 0.5) is 8.78 Å². The second kappa shape index (κ2) is 11.5. The molecular formula is C26H25ClF2N3O7P. The number of fused-ring (bicyclic) bond motifs is 1. The molecule has 0 spiro atoms. The van der Waals surface area contributed by atoms with Crippen molar-refractivity contribution >= 4 is 43.8 Å². The molecule has 2 aliphatic heterocycles. The van der Waals surface area contributed by atoms with Gasteiger partial charge in [0.15, 0.2) is 0 Å². The number of likely N-dealkylation sites (tertiary alicyclic amines) is 1. The predicted molar refractivity (Wildman–Crippen MR) is 138 cm³/mol. The van der Waals surface area contributed by atoms with Crippen molar-refractivity contribution in [3.8, 4) is 0 Å². The van der Waals surface area contributed by atoms with Crippen LogP contribution in [0.2, 0.25) is 5.02 Å². The Hall–Kier alpha value is -3.02. The highest BCUT2D eigenvalue weighted by atomic mass is 35.5. The summed E-state index contributed by atoms with van der Waals surface area (Å²) in [4.78, 5) is 62.9. The molecule has 0 bridgehead atoms. The fourth-order valence-electron chi connectivity index (χ4n) is 4.53. The third kappa shape index (κ3) is 6.01. The zero-order valence-electron chi connectivity index (χ0n) is 21.0. The Bertz CT molecular complexity index is 1340. The SMILES string of the molecule is O=C1CCC(N2Cc3cc(CNC(=O)C(F)(F)c4ccc(Cl)cc4)ccc3C2=O)C(=O)N1COP(O)OC1CC1. The average molecular weight is 596 g/mol. The summed E-state index contributed by atoms with van der Waals surface area (Å²) in [5.41, 5.74) is 0.891. The van der Waals surface area contributed by atoms with Gasteiger partial charge in [-0.2, -0.15) is 8.78 Å². The quantitative estimate of drug-likeness (QED) is 0.318. The Balaban J connectivity index is 1.21. The molecule has 14 heteroatoms. The number of carbonyl (C=O) groups excluding carboxylic acids is 4. The lowest BCUT2D eigenvalue weighted by atomic mass is 10.0. The van der Waals surface area contributed by atoms with Crippen LogP contribution >= 0.6 is 20.2 Å². The predicted octanol–water partition coefficient (Wildman–Crippen LogP) is 3.59. The Kier molecular flexibility index (Phi) is 8.17. The molecule has 2 aromatic carbocycles. The number of alkyl halides is 2. The number of nitrogens with zero attached hydrogens (tertiary/aromatic N) is 2. The first-order valence-electron chi connectivity index (χ1n) is 12.5. The number of halogens is 3. The molecule has 10 nitrogen and oxygen atoms in total. The zero-order chi connectivity index (χ0) is 28.6. The molecule has 2 aromatic rings. The first-order valence-corrected chi connectivity index (χ1v) is 14.0. The summed E-state index contributed by atoms with van der Waals surface area (Å²) < 4.78 is 39.5. The summed E-state index contributed by atoms with van der Waals surface area (Å²) in [5, 5.41) is 2.49. The van der Waals surface area contributed by atoms with Crippen molar-refractivity contribution in [2.45, 2.75) is 56.8 Å². The molecule has 2 heterocycles. The minimum atomic E-state index is -3.77. The van der Waals surface area contributed by atoms with E-state index >= 15 is 0 Å². The summed E-state index contributed by atoms with van der Waals surface area (Å²) >= 11 is 5.74. The van der Waals surface area contributed by atoms with E-state index in [0.29, 0.717) is 16.7 Å². The maximum Gasteiger partial charge on any atom is 0.349 e. The third-order valence-corrected chi connectivity index (χ3v) is 7.93. The Labute approximate surface area is 234 Å². The topological polar surface area (TPSA) is 125 Å². The van der Waals surface area contributed by atoms with Crippen LogP contribution in [0.5, 0.6) is 0 Å². The minimum absolute atomic E-state index is 0.00579. The van der Waals surface area contributed by atoms with E-state index in [-0.39, 0.29) is 37.1 Å². The van der Waals surface area contributed by atoms with E-state index in [9.17, 15) is 32.9 Å². The van der Waals surface area contributed by atoms with Crippen LogP contribution in [-0.2, 0) is 42.4 Å². The lowest BCUT2D eigenvalue weighted by Gasteiger charge is -2.35. The summed E-state index contributed by atoms with van der Waals surface area (Å²) in [7, 11) is -2.23. The van der Waals surface area contributed by atoms with Crippen LogP contribution in [0.3, 0.4) is 0 Å². The molecule has 1 aliphatic carbocycles. The fourth-order valence-corrected chi connectivity index (χ4v) is 5.39. The molecule has 4 amide bonds. The third-order valence-electron chi connectivity index (χ3n) is 6.87. The smallest absolute Gasteiger partial charge is 0.346 e. The molecule has 1 saturated heterocycles. The maximum atomic E-state index is 14.6. The van der Waals surface area contributed by atoms with Crippen LogP contribution in [0, 0.1) is 0 Å². The second-order valence-electron chi connectivity index (χ2n) is 9.70. The van der Waals surface area contributed by atoms with E-state index in [1.165, 1.54) is 29.2 Å². The fraction of sp³-hybridized carbons (Fsp3) is 0.385. The highest BCUT2D eigenvalue weighted by Gasteiger charge is 2.44. The van der Waals surface area contributed by atoms with Crippen LogP contribution in [-0.4, -0.2) is 57.2 Å². The summed E-state index contributed by atoms with van der Waals surface area (Å²) in [6.45, 7) is -0.630. The van der Waals surface area contributed by atoms with E-state index < -0.39 is 56.5 Å². The van der Waals surface area contributed by atoms with E-state index in [1.54, 1.807) is 6.07 Å². The molecule has 1 saturated carbocycles. The molecule has 40 heavy (non-hydrogen) atoms. The number of carbonyl (C=O) groups is 4. The van der Waals surface area contributed by atoms with Gasteiger partial charge in [0.1, 0.15) is 12.8 Å². The van der Waals surface area contributed by atoms with Gasteiger partial charge < -0.3 is 19.6 Å². The van der Waals surface area contributed by atoms with Crippen molar-refractivity contribution in [3.05, 3.63) is 69.7 Å². The molecule has 2 atom stereocenters. The number of amides is 4. The van der Waals surface area contributed by atoms with Gasteiger partial charge in [-0.3, -0.25) is 28.6 Å². The first kappa shape index (κ1) is 28.5. The van der Waals surface area contributed by atoms with Gasteiger partial charge in [-0.05, 0) is 48.6 Å². The lowest BCUT2D eigenvalue weighted by Crippen LogP contribution is -2.55. The minimum Gasteiger partial charge on any atom is -0.346 e. The van der Waals surface area contributed by atoms with E-state index in [2.05, 4.69) is 5.32 Å². The van der Waals surface area contributed by atoms with Gasteiger partial charge in [0, 0.05) is 35.7 Å². The van der Waals surface area contributed by atoms with Crippen LogP contribution in [0.15, 0.2) is 42.5 Å². The Morgan fingerprint density at radius 1 is 1.12 bits per heavy atom. The Morgan fingerprint density at radius 2 is 1.85 bits per heavy atom. The molecule has 2 unspecified atom stereocenters. The lowest BCUT2D eigenvalue weighted by molar-refractivity contribution is -0.156. The summed E-state index contributed by atoms with van der Waals surface area (Å²) in [6, 6.07) is 8.45. The Morgan fingerprint density at radius 3 is 2.55 bits per heavy atom. The molecular weight excluding hydrogens is 571 g/mol. The molecule has 0 radical (unpaired) electrons. The summed E-state index contributed by atoms with van der Waals surface area (Å²) in [6.07, 6.45) is 1.69. The van der Waals surface area contributed by atoms with Crippen molar-refractivity contribution in [1.82, 2.24) is 15.1 Å². The summed E-state index contributed by atoms with van der Waals surface area (Å²) in [5.74, 6) is -6.77. The number of rotatable bonds is 10.